The van der Waals surface area contributed by atoms with E-state index in [0.717, 1.165) is 28.0 Å². The Labute approximate surface area is 124 Å². The molecule has 3 rings (SSSR count). The number of benzene rings is 1. The second kappa shape index (κ2) is 5.20. The van der Waals surface area contributed by atoms with Crippen molar-refractivity contribution in [2.75, 3.05) is 5.32 Å². The number of aromatic nitrogens is 3. The lowest BCUT2D eigenvalue weighted by Crippen LogP contribution is -2.11. The molecule has 2 N–H and O–H groups in total. The molecule has 4 heteroatoms. The average Bonchev–Trinajstić information content (AvgIpc) is 2.84. The van der Waals surface area contributed by atoms with E-state index < -0.39 is 0 Å². The van der Waals surface area contributed by atoms with E-state index in [1.54, 1.807) is 0 Å². The monoisotopic (exact) mass is 280 g/mol. The van der Waals surface area contributed by atoms with Crippen LogP contribution in [0, 0.1) is 20.8 Å². The van der Waals surface area contributed by atoms with Crippen LogP contribution in [0.25, 0.3) is 10.9 Å². The number of aromatic amines is 1. The van der Waals surface area contributed by atoms with Crippen molar-refractivity contribution < 1.29 is 0 Å². The SMILES string of the molecule is Cc1cc(C)c(C(C)Nc2ccc3cn[nH]c3c2)c(C)n1. The number of pyridine rings is 1. The number of hydrogen-bond acceptors (Lipinski definition) is 3. The predicted molar refractivity (Wildman–Crippen MR) is 86.6 cm³/mol. The maximum absolute atomic E-state index is 4.58. The number of hydrogen-bond donors (Lipinski definition) is 2. The van der Waals surface area contributed by atoms with Crippen LogP contribution >= 0.6 is 0 Å². The molecule has 0 saturated carbocycles. The van der Waals surface area contributed by atoms with Gasteiger partial charge in [-0.05, 0) is 63.1 Å². The van der Waals surface area contributed by atoms with Crippen molar-refractivity contribution in [1.29, 1.82) is 0 Å². The lowest BCUT2D eigenvalue weighted by molar-refractivity contribution is 0.843. The van der Waals surface area contributed by atoms with Crippen LogP contribution in [0.4, 0.5) is 5.69 Å². The van der Waals surface area contributed by atoms with Gasteiger partial charge in [-0.25, -0.2) is 0 Å². The number of fused-ring (bicyclic) bond motifs is 1. The van der Waals surface area contributed by atoms with E-state index in [4.69, 9.17) is 0 Å². The number of nitrogens with zero attached hydrogens (tertiary/aromatic N) is 2. The van der Waals surface area contributed by atoms with Crippen LogP contribution in [0.3, 0.4) is 0 Å². The Hall–Kier alpha value is -2.36. The summed E-state index contributed by atoms with van der Waals surface area (Å²) in [7, 11) is 0. The van der Waals surface area contributed by atoms with Crippen molar-refractivity contribution >= 4 is 16.6 Å². The van der Waals surface area contributed by atoms with Crippen LogP contribution in [0.1, 0.15) is 35.5 Å². The van der Waals surface area contributed by atoms with Gasteiger partial charge < -0.3 is 5.32 Å². The van der Waals surface area contributed by atoms with Crippen LogP contribution in [0.5, 0.6) is 0 Å². The molecule has 0 spiro atoms. The van der Waals surface area contributed by atoms with Gasteiger partial charge in [0.25, 0.3) is 0 Å². The second-order valence-corrected chi connectivity index (χ2v) is 5.62. The fraction of sp³-hybridized carbons (Fsp3) is 0.294. The molecule has 0 saturated heterocycles. The van der Waals surface area contributed by atoms with E-state index in [0.29, 0.717) is 0 Å². The average molecular weight is 280 g/mol. The highest BCUT2D eigenvalue weighted by molar-refractivity contribution is 5.81. The van der Waals surface area contributed by atoms with Crippen LogP contribution in [-0.4, -0.2) is 15.2 Å². The van der Waals surface area contributed by atoms with Gasteiger partial charge in [0.05, 0.1) is 17.8 Å². The number of nitrogens with one attached hydrogen (secondary N) is 2. The summed E-state index contributed by atoms with van der Waals surface area (Å²) >= 11 is 0. The number of rotatable bonds is 3. The van der Waals surface area contributed by atoms with Gasteiger partial charge in [0.15, 0.2) is 0 Å². The first kappa shape index (κ1) is 13.6. The van der Waals surface area contributed by atoms with Crippen LogP contribution in [-0.2, 0) is 0 Å². The summed E-state index contributed by atoms with van der Waals surface area (Å²) in [4.78, 5) is 4.58. The van der Waals surface area contributed by atoms with Gasteiger partial charge in [-0.2, -0.15) is 5.10 Å². The summed E-state index contributed by atoms with van der Waals surface area (Å²) < 4.78 is 0. The van der Waals surface area contributed by atoms with Gasteiger partial charge in [0, 0.05) is 22.5 Å². The normalized spacial score (nSPS) is 12.6. The Bertz CT molecular complexity index is 765. The number of aryl methyl sites for hydroxylation is 3. The molecule has 3 aromatic rings. The standard InChI is InChI=1S/C17H20N4/c1-10-7-11(2)19-12(3)17(10)13(4)20-15-6-5-14-9-18-21-16(14)8-15/h5-9,13,20H,1-4H3,(H,18,21). The molecule has 0 aliphatic heterocycles. The summed E-state index contributed by atoms with van der Waals surface area (Å²) in [6.07, 6.45) is 1.83. The zero-order chi connectivity index (χ0) is 15.0. The Kier molecular flexibility index (Phi) is 3.37. The van der Waals surface area contributed by atoms with Gasteiger partial charge in [-0.15, -0.1) is 0 Å². The highest BCUT2D eigenvalue weighted by Crippen LogP contribution is 2.26. The summed E-state index contributed by atoms with van der Waals surface area (Å²) in [5.74, 6) is 0. The Morgan fingerprint density at radius 3 is 2.71 bits per heavy atom. The number of anilines is 1. The zero-order valence-corrected chi connectivity index (χ0v) is 12.9. The van der Waals surface area contributed by atoms with Crippen LogP contribution < -0.4 is 5.32 Å². The minimum absolute atomic E-state index is 0.207. The molecule has 0 aliphatic rings. The predicted octanol–water partition coefficient (Wildman–Crippen LogP) is 4.06. The largest absolute Gasteiger partial charge is 0.378 e. The lowest BCUT2D eigenvalue weighted by Gasteiger charge is -2.20. The van der Waals surface area contributed by atoms with Crippen molar-refractivity contribution in [3.05, 3.63) is 53.0 Å². The summed E-state index contributed by atoms with van der Waals surface area (Å²) in [5, 5.41) is 11.7. The molecule has 108 valence electrons. The molecule has 0 aliphatic carbocycles. The summed E-state index contributed by atoms with van der Waals surface area (Å²) in [6.45, 7) is 8.43. The first-order valence-corrected chi connectivity index (χ1v) is 7.19. The maximum Gasteiger partial charge on any atom is 0.0670 e. The van der Waals surface area contributed by atoms with E-state index >= 15 is 0 Å². The van der Waals surface area contributed by atoms with Crippen molar-refractivity contribution in [1.82, 2.24) is 15.2 Å². The first-order chi connectivity index (χ1) is 10.0. The number of H-pyrrole nitrogens is 1. The molecule has 2 aromatic heterocycles. The van der Waals surface area contributed by atoms with Crippen LogP contribution in [0.15, 0.2) is 30.5 Å². The molecular formula is C17H20N4. The molecule has 21 heavy (non-hydrogen) atoms. The smallest absolute Gasteiger partial charge is 0.0670 e. The lowest BCUT2D eigenvalue weighted by atomic mass is 10.00. The molecule has 0 radical (unpaired) electrons. The second-order valence-electron chi connectivity index (χ2n) is 5.62. The molecule has 1 unspecified atom stereocenters. The maximum atomic E-state index is 4.58. The molecule has 0 amide bonds. The van der Waals surface area contributed by atoms with E-state index in [2.05, 4.69) is 65.5 Å². The van der Waals surface area contributed by atoms with Gasteiger partial charge in [-0.3, -0.25) is 10.1 Å². The molecule has 0 fully saturated rings. The van der Waals surface area contributed by atoms with Crippen molar-refractivity contribution in [2.45, 2.75) is 33.7 Å². The van der Waals surface area contributed by atoms with Crippen molar-refractivity contribution in [2.24, 2.45) is 0 Å². The third-order valence-electron chi connectivity index (χ3n) is 3.84. The fourth-order valence-electron chi connectivity index (χ4n) is 3.04. The zero-order valence-electron chi connectivity index (χ0n) is 12.9. The molecule has 4 nitrogen and oxygen atoms in total. The molecule has 1 aromatic carbocycles. The van der Waals surface area contributed by atoms with E-state index in [-0.39, 0.29) is 6.04 Å². The van der Waals surface area contributed by atoms with Gasteiger partial charge in [-0.1, -0.05) is 0 Å². The van der Waals surface area contributed by atoms with E-state index in [9.17, 15) is 0 Å². The highest BCUT2D eigenvalue weighted by Gasteiger charge is 2.13. The summed E-state index contributed by atoms with van der Waals surface area (Å²) in [6, 6.07) is 8.59. The molecular weight excluding hydrogens is 260 g/mol. The third kappa shape index (κ3) is 2.61. The van der Waals surface area contributed by atoms with Crippen LogP contribution in [0.2, 0.25) is 0 Å². The van der Waals surface area contributed by atoms with E-state index in [1.807, 2.05) is 13.1 Å². The Balaban J connectivity index is 1.90. The van der Waals surface area contributed by atoms with Gasteiger partial charge in [0.1, 0.15) is 0 Å². The topological polar surface area (TPSA) is 53.6 Å². The van der Waals surface area contributed by atoms with Crippen molar-refractivity contribution in [3.63, 3.8) is 0 Å². The molecule has 1 atom stereocenters. The molecule has 0 bridgehead atoms. The quantitative estimate of drug-likeness (QED) is 0.760. The van der Waals surface area contributed by atoms with Crippen molar-refractivity contribution in [3.8, 4) is 0 Å². The Morgan fingerprint density at radius 1 is 1.14 bits per heavy atom. The third-order valence-corrected chi connectivity index (χ3v) is 3.84. The van der Waals surface area contributed by atoms with Gasteiger partial charge >= 0.3 is 0 Å². The highest BCUT2D eigenvalue weighted by atomic mass is 15.1. The minimum atomic E-state index is 0.207. The fourth-order valence-corrected chi connectivity index (χ4v) is 3.04. The molecule has 2 heterocycles. The van der Waals surface area contributed by atoms with E-state index in [1.165, 1.54) is 11.1 Å². The Morgan fingerprint density at radius 2 is 1.95 bits per heavy atom. The van der Waals surface area contributed by atoms with Gasteiger partial charge in [0.2, 0.25) is 0 Å². The summed E-state index contributed by atoms with van der Waals surface area (Å²) in [5.41, 5.74) is 6.84. The first-order valence-electron chi connectivity index (χ1n) is 7.19. The minimum Gasteiger partial charge on any atom is -0.378 e.